The van der Waals surface area contributed by atoms with Crippen LogP contribution in [0.1, 0.15) is 11.1 Å². The van der Waals surface area contributed by atoms with Crippen molar-refractivity contribution in [2.24, 2.45) is 0 Å². The fourth-order valence-electron chi connectivity index (χ4n) is 1.86. The maximum Gasteiger partial charge on any atom is 0.227 e. The first-order chi connectivity index (χ1) is 9.70. The first-order valence-electron chi connectivity index (χ1n) is 6.48. The molecule has 0 aliphatic heterocycles. The highest BCUT2D eigenvalue weighted by molar-refractivity contribution is 7.99. The standard InChI is InChI=1S/C17H15NOS/c1-12-3-7-14(8-4-12)17-18-11-16(19-17)20-15-9-5-13(2)6-10-15/h3-11H,1-2H3. The zero-order valence-electron chi connectivity index (χ0n) is 11.5. The van der Waals surface area contributed by atoms with Crippen molar-refractivity contribution in [3.8, 4) is 11.5 Å². The molecular weight excluding hydrogens is 266 g/mol. The molecule has 0 amide bonds. The zero-order valence-corrected chi connectivity index (χ0v) is 12.3. The quantitative estimate of drug-likeness (QED) is 0.667. The SMILES string of the molecule is Cc1ccc(Sc2cnc(-c3ccc(C)cc3)o2)cc1. The van der Waals surface area contributed by atoms with Gasteiger partial charge in [-0.1, -0.05) is 47.2 Å². The van der Waals surface area contributed by atoms with Gasteiger partial charge in [-0.25, -0.2) is 4.98 Å². The summed E-state index contributed by atoms with van der Waals surface area (Å²) in [7, 11) is 0. The molecule has 2 aromatic carbocycles. The molecule has 0 spiro atoms. The van der Waals surface area contributed by atoms with E-state index in [2.05, 4.69) is 55.2 Å². The Morgan fingerprint density at radius 3 is 2.10 bits per heavy atom. The van der Waals surface area contributed by atoms with Gasteiger partial charge in [-0.05, 0) is 38.1 Å². The number of oxazole rings is 1. The predicted octanol–water partition coefficient (Wildman–Crippen LogP) is 5.11. The van der Waals surface area contributed by atoms with Gasteiger partial charge in [0.05, 0.1) is 6.20 Å². The Hall–Kier alpha value is -2.00. The molecule has 1 aromatic heterocycles. The molecule has 0 N–H and O–H groups in total. The summed E-state index contributed by atoms with van der Waals surface area (Å²) in [6.45, 7) is 4.15. The third-order valence-corrected chi connectivity index (χ3v) is 3.92. The lowest BCUT2D eigenvalue weighted by molar-refractivity contribution is 0.484. The van der Waals surface area contributed by atoms with Crippen LogP contribution in [0.25, 0.3) is 11.5 Å². The molecule has 1 heterocycles. The summed E-state index contributed by atoms with van der Waals surface area (Å²) >= 11 is 1.59. The lowest BCUT2D eigenvalue weighted by Gasteiger charge is -1.98. The van der Waals surface area contributed by atoms with Crippen LogP contribution in [-0.2, 0) is 0 Å². The van der Waals surface area contributed by atoms with Crippen LogP contribution >= 0.6 is 11.8 Å². The molecule has 0 aliphatic rings. The van der Waals surface area contributed by atoms with Crippen molar-refractivity contribution in [3.63, 3.8) is 0 Å². The molecule has 100 valence electrons. The van der Waals surface area contributed by atoms with Gasteiger partial charge in [0.1, 0.15) is 0 Å². The molecule has 0 radical (unpaired) electrons. The molecule has 2 nitrogen and oxygen atoms in total. The summed E-state index contributed by atoms with van der Waals surface area (Å²) in [6, 6.07) is 16.6. The second-order valence-corrected chi connectivity index (χ2v) is 5.84. The number of aromatic nitrogens is 1. The topological polar surface area (TPSA) is 26.0 Å². The van der Waals surface area contributed by atoms with Crippen molar-refractivity contribution in [1.29, 1.82) is 0 Å². The van der Waals surface area contributed by atoms with Gasteiger partial charge in [0.2, 0.25) is 5.89 Å². The highest BCUT2D eigenvalue weighted by Crippen LogP contribution is 2.31. The minimum atomic E-state index is 0.666. The molecule has 0 atom stereocenters. The fourth-order valence-corrected chi connectivity index (χ4v) is 2.59. The highest BCUT2D eigenvalue weighted by Gasteiger charge is 2.07. The van der Waals surface area contributed by atoms with Crippen LogP contribution in [0.3, 0.4) is 0 Å². The Bertz CT molecular complexity index is 699. The first-order valence-corrected chi connectivity index (χ1v) is 7.30. The van der Waals surface area contributed by atoms with E-state index < -0.39 is 0 Å². The lowest BCUT2D eigenvalue weighted by Crippen LogP contribution is -1.76. The van der Waals surface area contributed by atoms with Crippen molar-refractivity contribution in [1.82, 2.24) is 4.98 Å². The number of benzene rings is 2. The van der Waals surface area contributed by atoms with E-state index in [1.165, 1.54) is 11.1 Å². The summed E-state index contributed by atoms with van der Waals surface area (Å²) in [4.78, 5) is 5.50. The van der Waals surface area contributed by atoms with Gasteiger partial charge in [-0.3, -0.25) is 0 Å². The number of hydrogen-bond donors (Lipinski definition) is 0. The first kappa shape index (κ1) is 13.0. The van der Waals surface area contributed by atoms with Crippen LogP contribution in [0, 0.1) is 13.8 Å². The van der Waals surface area contributed by atoms with Gasteiger partial charge >= 0.3 is 0 Å². The van der Waals surface area contributed by atoms with E-state index in [0.717, 1.165) is 15.6 Å². The van der Waals surface area contributed by atoms with Crippen molar-refractivity contribution >= 4 is 11.8 Å². The van der Waals surface area contributed by atoms with E-state index in [-0.39, 0.29) is 0 Å². The third kappa shape index (κ3) is 2.94. The van der Waals surface area contributed by atoms with E-state index in [9.17, 15) is 0 Å². The monoisotopic (exact) mass is 281 g/mol. The largest absolute Gasteiger partial charge is 0.430 e. The molecule has 0 aliphatic carbocycles. The lowest BCUT2D eigenvalue weighted by atomic mass is 10.1. The Balaban J connectivity index is 1.80. The Morgan fingerprint density at radius 2 is 1.45 bits per heavy atom. The van der Waals surface area contributed by atoms with Gasteiger partial charge in [0.15, 0.2) is 5.09 Å². The molecule has 3 heteroatoms. The molecule has 0 unspecified atom stereocenters. The van der Waals surface area contributed by atoms with E-state index in [4.69, 9.17) is 4.42 Å². The second kappa shape index (κ2) is 5.55. The average Bonchev–Trinajstić information content (AvgIpc) is 2.91. The summed E-state index contributed by atoms with van der Waals surface area (Å²) < 4.78 is 5.80. The molecule has 0 saturated heterocycles. The van der Waals surface area contributed by atoms with Crippen molar-refractivity contribution in [2.45, 2.75) is 23.8 Å². The van der Waals surface area contributed by atoms with Crippen LogP contribution in [-0.4, -0.2) is 4.98 Å². The maximum atomic E-state index is 5.80. The summed E-state index contributed by atoms with van der Waals surface area (Å²) in [6.07, 6.45) is 1.78. The summed E-state index contributed by atoms with van der Waals surface area (Å²) in [5.74, 6) is 0.666. The number of aryl methyl sites for hydroxylation is 2. The van der Waals surface area contributed by atoms with Crippen molar-refractivity contribution in [2.75, 3.05) is 0 Å². The Morgan fingerprint density at radius 1 is 0.850 bits per heavy atom. The van der Waals surface area contributed by atoms with E-state index in [1.807, 2.05) is 12.1 Å². The van der Waals surface area contributed by atoms with Crippen LogP contribution in [0.5, 0.6) is 0 Å². The van der Waals surface area contributed by atoms with E-state index in [1.54, 1.807) is 18.0 Å². The van der Waals surface area contributed by atoms with Gasteiger partial charge in [0.25, 0.3) is 0 Å². The molecule has 0 saturated carbocycles. The number of hydrogen-bond acceptors (Lipinski definition) is 3. The molecule has 3 rings (SSSR count). The average molecular weight is 281 g/mol. The van der Waals surface area contributed by atoms with Crippen molar-refractivity contribution < 1.29 is 4.42 Å². The van der Waals surface area contributed by atoms with Gasteiger partial charge < -0.3 is 4.42 Å². The third-order valence-electron chi connectivity index (χ3n) is 3.02. The molecule has 3 aromatic rings. The summed E-state index contributed by atoms with van der Waals surface area (Å²) in [5.41, 5.74) is 3.49. The van der Waals surface area contributed by atoms with Gasteiger partial charge in [0, 0.05) is 10.5 Å². The smallest absolute Gasteiger partial charge is 0.227 e. The number of rotatable bonds is 3. The van der Waals surface area contributed by atoms with Gasteiger partial charge in [-0.15, -0.1) is 0 Å². The minimum absolute atomic E-state index is 0.666. The zero-order chi connectivity index (χ0) is 13.9. The van der Waals surface area contributed by atoms with Gasteiger partial charge in [-0.2, -0.15) is 0 Å². The fraction of sp³-hybridized carbons (Fsp3) is 0.118. The number of nitrogens with zero attached hydrogens (tertiary/aromatic N) is 1. The second-order valence-electron chi connectivity index (χ2n) is 4.77. The minimum Gasteiger partial charge on any atom is -0.430 e. The molecule has 20 heavy (non-hydrogen) atoms. The van der Waals surface area contributed by atoms with E-state index in [0.29, 0.717) is 5.89 Å². The van der Waals surface area contributed by atoms with Crippen LogP contribution < -0.4 is 0 Å². The maximum absolute atomic E-state index is 5.80. The normalized spacial score (nSPS) is 10.7. The van der Waals surface area contributed by atoms with Crippen molar-refractivity contribution in [3.05, 3.63) is 65.9 Å². The molecular formula is C17H15NOS. The van der Waals surface area contributed by atoms with Crippen LogP contribution in [0.4, 0.5) is 0 Å². The van der Waals surface area contributed by atoms with Crippen LogP contribution in [0.15, 0.2) is 69.1 Å². The highest BCUT2D eigenvalue weighted by atomic mass is 32.2. The Kier molecular flexibility index (Phi) is 3.61. The predicted molar refractivity (Wildman–Crippen MR) is 82.0 cm³/mol. The Labute approximate surface area is 122 Å². The molecule has 0 bridgehead atoms. The van der Waals surface area contributed by atoms with Crippen LogP contribution in [0.2, 0.25) is 0 Å². The van der Waals surface area contributed by atoms with E-state index >= 15 is 0 Å². The molecule has 0 fully saturated rings. The summed E-state index contributed by atoms with van der Waals surface area (Å²) in [5, 5.41) is 0.810.